The molecule has 0 bridgehead atoms. The molecule has 0 fully saturated rings. The Hall–Kier alpha value is -2.08. The van der Waals surface area contributed by atoms with Crippen molar-refractivity contribution in [3.63, 3.8) is 0 Å². The van der Waals surface area contributed by atoms with Gasteiger partial charge in [0.1, 0.15) is 0 Å². The first kappa shape index (κ1) is 21.2. The van der Waals surface area contributed by atoms with Crippen molar-refractivity contribution < 1.29 is 4.57 Å². The van der Waals surface area contributed by atoms with Crippen LogP contribution in [0.15, 0.2) is 48.2 Å². The lowest BCUT2D eigenvalue weighted by molar-refractivity contribution is -0.687. The number of hydrogen-bond acceptors (Lipinski definition) is 2. The summed E-state index contributed by atoms with van der Waals surface area (Å²) in [5.74, 6) is 0.0358. The van der Waals surface area contributed by atoms with Gasteiger partial charge in [-0.25, -0.2) is 4.57 Å². The molecule has 1 heterocycles. The summed E-state index contributed by atoms with van der Waals surface area (Å²) in [7, 11) is 0. The van der Waals surface area contributed by atoms with E-state index in [9.17, 15) is 0 Å². The molecule has 0 saturated carbocycles. The van der Waals surface area contributed by atoms with E-state index in [0.29, 0.717) is 6.54 Å². The molecule has 0 aliphatic carbocycles. The lowest BCUT2D eigenvalue weighted by Crippen LogP contribution is -2.40. The van der Waals surface area contributed by atoms with E-state index in [1.54, 1.807) is 0 Å². The lowest BCUT2D eigenvalue weighted by Gasteiger charge is -2.00. The molecule has 1 aromatic heterocycles. The van der Waals surface area contributed by atoms with Crippen molar-refractivity contribution in [2.45, 2.75) is 26.3 Å². The number of hydrogen-bond donors (Lipinski definition) is 4. The Kier molecular flexibility index (Phi) is 14.5. The summed E-state index contributed by atoms with van der Waals surface area (Å²) in [5, 5.41) is 9.20. The van der Waals surface area contributed by atoms with Crippen LogP contribution in [-0.4, -0.2) is 18.5 Å². The molecule has 1 rings (SSSR count). The molecule has 0 unspecified atom stereocenters. The molecule has 7 heteroatoms. The van der Waals surface area contributed by atoms with E-state index >= 15 is 0 Å². The molecule has 0 aromatic carbocycles. The quantitative estimate of drug-likeness (QED) is 0.215. The molecule has 0 aliphatic heterocycles. The van der Waals surface area contributed by atoms with Gasteiger partial charge in [-0.05, 0) is 12.5 Å². The highest BCUT2D eigenvalue weighted by molar-refractivity contribution is 5.95. The second kappa shape index (κ2) is 14.3. The van der Waals surface area contributed by atoms with Crippen LogP contribution in [0.25, 0.3) is 0 Å². The van der Waals surface area contributed by atoms with Gasteiger partial charge in [-0.3, -0.25) is 15.7 Å². The van der Waals surface area contributed by atoms with Crippen LogP contribution in [0.5, 0.6) is 0 Å². The average Bonchev–Trinajstić information content (AvgIpc) is 2.40. The topological polar surface area (TPSA) is 104 Å². The number of pyridine rings is 1. The number of guanidine groups is 2. The maximum Gasteiger partial charge on any atom is 0.195 e. The molecular weight excluding hydrogens is 288 g/mol. The van der Waals surface area contributed by atoms with Gasteiger partial charge in [-0.1, -0.05) is 26.0 Å². The fourth-order valence-corrected chi connectivity index (χ4v) is 1.24. The van der Waals surface area contributed by atoms with E-state index in [-0.39, 0.29) is 24.3 Å². The summed E-state index contributed by atoms with van der Waals surface area (Å²) < 4.78 is 2.06. The highest BCUT2D eigenvalue weighted by Crippen LogP contribution is 1.85. The predicted octanol–water partition coefficient (Wildman–Crippen LogP) is 1.17. The van der Waals surface area contributed by atoms with E-state index in [4.69, 9.17) is 16.9 Å². The molecule has 21 heavy (non-hydrogen) atoms. The van der Waals surface area contributed by atoms with Crippen molar-refractivity contribution >= 4 is 24.3 Å². The zero-order valence-corrected chi connectivity index (χ0v) is 13.3. The van der Waals surface area contributed by atoms with Crippen LogP contribution in [0.4, 0.5) is 0 Å². The molecule has 1 aromatic rings. The number of aliphatic imine (C=N–C) groups is 1. The Labute approximate surface area is 132 Å². The predicted molar refractivity (Wildman–Crippen MR) is 90.5 cm³/mol. The van der Waals surface area contributed by atoms with Gasteiger partial charge in [0.2, 0.25) is 0 Å². The number of unbranched alkanes of at least 4 members (excludes halogenated alkanes) is 1. The first-order valence-corrected chi connectivity index (χ1v) is 6.56. The second-order valence-corrected chi connectivity index (χ2v) is 4.02. The zero-order valence-electron chi connectivity index (χ0n) is 12.5. The van der Waals surface area contributed by atoms with Crippen LogP contribution < -0.4 is 21.4 Å². The van der Waals surface area contributed by atoms with Gasteiger partial charge >= 0.3 is 0 Å². The van der Waals surface area contributed by atoms with E-state index in [1.807, 2.05) is 36.7 Å². The van der Waals surface area contributed by atoms with Crippen molar-refractivity contribution in [2.24, 2.45) is 16.5 Å². The third-order valence-electron chi connectivity index (χ3n) is 2.17. The number of nitrogens with one attached hydrogen (secondary N) is 2. The number of halogens is 1. The summed E-state index contributed by atoms with van der Waals surface area (Å²) in [6.07, 6.45) is 7.99. The molecule has 6 N–H and O–H groups in total. The van der Waals surface area contributed by atoms with Crippen molar-refractivity contribution in [1.82, 2.24) is 5.32 Å². The van der Waals surface area contributed by atoms with Gasteiger partial charge in [0.15, 0.2) is 30.9 Å². The van der Waals surface area contributed by atoms with Crippen molar-refractivity contribution in [1.29, 1.82) is 5.41 Å². The largest absolute Gasteiger partial charge is 0.370 e. The summed E-state index contributed by atoms with van der Waals surface area (Å²) in [5.41, 5.74) is 10.3. The van der Waals surface area contributed by atoms with Gasteiger partial charge in [0, 0.05) is 18.7 Å². The van der Waals surface area contributed by atoms with Crippen LogP contribution in [0.2, 0.25) is 0 Å². The maximum absolute atomic E-state index is 6.81. The minimum absolute atomic E-state index is 0. The minimum Gasteiger partial charge on any atom is -0.370 e. The normalized spacial score (nSPS) is 9.67. The van der Waals surface area contributed by atoms with Crippen molar-refractivity contribution in [3.8, 4) is 0 Å². The molecule has 0 saturated heterocycles. The maximum atomic E-state index is 6.81. The van der Waals surface area contributed by atoms with E-state index < -0.39 is 0 Å². The molecule has 0 aliphatic rings. The molecule has 118 valence electrons. The van der Waals surface area contributed by atoms with Crippen LogP contribution in [-0.2, 0) is 6.54 Å². The summed E-state index contributed by atoms with van der Waals surface area (Å²) >= 11 is 0. The number of allylic oxidation sites excluding steroid dienone is 1. The first-order chi connectivity index (χ1) is 9.60. The number of nitrogens with two attached hydrogens (primary N) is 2. The number of aromatic nitrogens is 1. The van der Waals surface area contributed by atoms with Gasteiger partial charge in [-0.15, -0.1) is 12.4 Å². The Balaban J connectivity index is 0. The Morgan fingerprint density at radius 3 is 2.43 bits per heavy atom. The monoisotopic (exact) mass is 313 g/mol. The van der Waals surface area contributed by atoms with Crippen LogP contribution in [0.3, 0.4) is 0 Å². The smallest absolute Gasteiger partial charge is 0.195 e. The Morgan fingerprint density at radius 1 is 1.33 bits per heavy atom. The first-order valence-electron chi connectivity index (χ1n) is 6.56. The third kappa shape index (κ3) is 14.1. The van der Waals surface area contributed by atoms with Crippen LogP contribution >= 0.6 is 12.4 Å². The van der Waals surface area contributed by atoms with Gasteiger partial charge < -0.3 is 11.5 Å². The van der Waals surface area contributed by atoms with Crippen molar-refractivity contribution in [3.05, 3.63) is 43.2 Å². The van der Waals surface area contributed by atoms with E-state index in [0.717, 1.165) is 19.4 Å². The molecular formula is C14H26ClN6+. The zero-order chi connectivity index (χ0) is 15.2. The fraction of sp³-hybridized carbons (Fsp3) is 0.357. The highest BCUT2D eigenvalue weighted by atomic mass is 35.5. The molecule has 0 amide bonds. The molecule has 0 spiro atoms. The van der Waals surface area contributed by atoms with Gasteiger partial charge in [-0.2, -0.15) is 0 Å². The minimum atomic E-state index is -0.178. The van der Waals surface area contributed by atoms with E-state index in [2.05, 4.69) is 28.4 Å². The summed E-state index contributed by atoms with van der Waals surface area (Å²) in [6, 6.07) is 6.01. The molecule has 0 atom stereocenters. The second-order valence-electron chi connectivity index (χ2n) is 4.02. The number of rotatable bonds is 5. The summed E-state index contributed by atoms with van der Waals surface area (Å²) in [4.78, 5) is 3.92. The fourth-order valence-electron chi connectivity index (χ4n) is 1.24. The average molecular weight is 314 g/mol. The Morgan fingerprint density at radius 2 is 1.95 bits per heavy atom. The van der Waals surface area contributed by atoms with Gasteiger partial charge in [0.05, 0.1) is 0 Å². The SMILES string of the molecule is C=CC[n+]1ccccc1.CCCCN=C(N)NC(=N)N.Cl. The van der Waals surface area contributed by atoms with E-state index in [1.165, 1.54) is 0 Å². The van der Waals surface area contributed by atoms with Gasteiger partial charge in [0.25, 0.3) is 0 Å². The summed E-state index contributed by atoms with van der Waals surface area (Å²) in [6.45, 7) is 7.28. The van der Waals surface area contributed by atoms with Crippen LogP contribution in [0, 0.1) is 5.41 Å². The van der Waals surface area contributed by atoms with Crippen LogP contribution in [0.1, 0.15) is 19.8 Å². The van der Waals surface area contributed by atoms with Crippen molar-refractivity contribution in [2.75, 3.05) is 6.54 Å². The molecule has 0 radical (unpaired) electrons. The Bertz CT molecular complexity index is 419. The third-order valence-corrected chi connectivity index (χ3v) is 2.17. The highest BCUT2D eigenvalue weighted by Gasteiger charge is 1.90. The lowest BCUT2D eigenvalue weighted by atomic mass is 10.3. The standard InChI is InChI=1S/C8H10N.C6H15N5.ClH/c1-2-6-9-7-4-3-5-8-9;1-2-3-4-10-6(9)11-5(7)8;/h2-5,7-8H,1,6H2;2-4H2,1H3,(H6,7,8,9,10,11);1H/q+1;;. The molecule has 6 nitrogen and oxygen atoms in total. The number of nitrogens with zero attached hydrogens (tertiary/aromatic N) is 2.